The van der Waals surface area contributed by atoms with E-state index in [0.717, 1.165) is 16.8 Å². The van der Waals surface area contributed by atoms with Gasteiger partial charge in [-0.15, -0.1) is 0 Å². The summed E-state index contributed by atoms with van der Waals surface area (Å²) in [5.41, 5.74) is -1.30. The van der Waals surface area contributed by atoms with Crippen LogP contribution < -0.4 is 11.2 Å². The van der Waals surface area contributed by atoms with Gasteiger partial charge in [-0.1, -0.05) is 6.58 Å². The van der Waals surface area contributed by atoms with Gasteiger partial charge in [0.25, 0.3) is 5.56 Å². The molecule has 8 heteroatoms. The Morgan fingerprint density at radius 2 is 2.30 bits per heavy atom. The number of hydrogen-bond acceptors (Lipinski definition) is 5. The molecule has 1 aliphatic rings. The summed E-state index contributed by atoms with van der Waals surface area (Å²) in [5, 5.41) is 0. The number of nitrogens with zero attached hydrogens (tertiary/aromatic N) is 1. The summed E-state index contributed by atoms with van der Waals surface area (Å²) in [6, 6.07) is 1.08. The summed E-state index contributed by atoms with van der Waals surface area (Å²) in [7, 11) is 0. The van der Waals surface area contributed by atoms with Crippen LogP contribution in [-0.2, 0) is 14.3 Å². The Morgan fingerprint density at radius 3 is 2.90 bits per heavy atom. The number of carbonyl (C=O) groups excluding carboxylic acids is 1. The van der Waals surface area contributed by atoms with E-state index in [1.54, 1.807) is 0 Å². The maximum absolute atomic E-state index is 14.1. The summed E-state index contributed by atoms with van der Waals surface area (Å²) < 4.78 is 25.1. The number of halogens is 1. The lowest BCUT2D eigenvalue weighted by atomic mass is 10.1. The van der Waals surface area contributed by atoms with Crippen molar-refractivity contribution in [2.75, 3.05) is 6.61 Å². The topological polar surface area (TPSA) is 90.4 Å². The summed E-state index contributed by atoms with van der Waals surface area (Å²) >= 11 is 0. The largest absolute Gasteiger partial charge is 0.463 e. The lowest BCUT2D eigenvalue weighted by Gasteiger charge is -2.15. The molecule has 0 aromatic carbocycles. The van der Waals surface area contributed by atoms with E-state index < -0.39 is 35.7 Å². The number of carbonyl (C=O) groups is 1. The Kier molecular flexibility index (Phi) is 3.84. The molecule has 1 aromatic heterocycles. The molecule has 0 spiro atoms. The van der Waals surface area contributed by atoms with Gasteiger partial charge < -0.3 is 9.47 Å². The predicted molar refractivity (Wildman–Crippen MR) is 65.9 cm³/mol. The quantitative estimate of drug-likeness (QED) is 0.618. The molecule has 20 heavy (non-hydrogen) atoms. The first kappa shape index (κ1) is 14.2. The van der Waals surface area contributed by atoms with Gasteiger partial charge in [0, 0.05) is 19.2 Å². The number of H-pyrrole nitrogens is 1. The molecule has 1 aliphatic heterocycles. The number of alkyl halides is 1. The highest BCUT2D eigenvalue weighted by Crippen LogP contribution is 2.34. The Hall–Kier alpha value is -2.22. The standard InChI is InChI=1S/C12H13FN2O5/c1-6-8(5-19-7(2)16)20-11(10(6)13)15-4-3-9(17)14-12(15)18/h3-4,8,10-11H,1,5H2,2H3,(H,14,17,18)/t8-,10-,11-/m0/s1. The van der Waals surface area contributed by atoms with Gasteiger partial charge in [-0.3, -0.25) is 19.1 Å². The molecular weight excluding hydrogens is 271 g/mol. The van der Waals surface area contributed by atoms with Gasteiger partial charge in [0.2, 0.25) is 0 Å². The Labute approximate surface area is 112 Å². The molecule has 0 radical (unpaired) electrons. The van der Waals surface area contributed by atoms with Gasteiger partial charge in [0.05, 0.1) is 0 Å². The molecule has 3 atom stereocenters. The van der Waals surface area contributed by atoms with Crippen LogP contribution in [0.4, 0.5) is 4.39 Å². The average Bonchev–Trinajstić information content (AvgIpc) is 2.64. The van der Waals surface area contributed by atoms with E-state index in [4.69, 9.17) is 9.47 Å². The summed E-state index contributed by atoms with van der Waals surface area (Å²) in [5.74, 6) is -0.526. The third-order valence-electron chi connectivity index (χ3n) is 2.89. The van der Waals surface area contributed by atoms with Crippen molar-refractivity contribution >= 4 is 5.97 Å². The zero-order chi connectivity index (χ0) is 14.9. The number of ether oxygens (including phenoxy) is 2. The van der Waals surface area contributed by atoms with Gasteiger partial charge in [0.15, 0.2) is 12.4 Å². The van der Waals surface area contributed by atoms with Crippen LogP contribution in [0, 0.1) is 0 Å². The van der Waals surface area contributed by atoms with Crippen LogP contribution in [0.25, 0.3) is 0 Å². The fourth-order valence-corrected chi connectivity index (χ4v) is 1.86. The van der Waals surface area contributed by atoms with E-state index in [2.05, 4.69) is 6.58 Å². The molecule has 0 unspecified atom stereocenters. The van der Waals surface area contributed by atoms with Crippen molar-refractivity contribution in [1.29, 1.82) is 0 Å². The van der Waals surface area contributed by atoms with E-state index in [0.29, 0.717) is 0 Å². The van der Waals surface area contributed by atoms with Gasteiger partial charge in [-0.2, -0.15) is 0 Å². The van der Waals surface area contributed by atoms with Crippen LogP contribution in [0.15, 0.2) is 34.0 Å². The molecule has 0 amide bonds. The van der Waals surface area contributed by atoms with Crippen molar-refractivity contribution in [3.05, 3.63) is 45.3 Å². The van der Waals surface area contributed by atoms with E-state index in [1.807, 2.05) is 4.98 Å². The zero-order valence-electron chi connectivity index (χ0n) is 10.7. The SMILES string of the molecule is C=C1[C@H](COC(C)=O)O[C@H](n2ccc(=O)[nH]c2=O)[C@H]1F. The van der Waals surface area contributed by atoms with Crippen molar-refractivity contribution in [2.45, 2.75) is 25.4 Å². The van der Waals surface area contributed by atoms with Crippen LogP contribution in [0.1, 0.15) is 13.2 Å². The molecule has 7 nitrogen and oxygen atoms in total. The molecule has 0 saturated carbocycles. The molecule has 1 saturated heterocycles. The van der Waals surface area contributed by atoms with Crippen molar-refractivity contribution in [2.24, 2.45) is 0 Å². The first-order valence-electron chi connectivity index (χ1n) is 5.83. The number of hydrogen-bond donors (Lipinski definition) is 1. The highest BCUT2D eigenvalue weighted by molar-refractivity contribution is 5.65. The Balaban J connectivity index is 2.21. The van der Waals surface area contributed by atoms with Crippen LogP contribution in [0.2, 0.25) is 0 Å². The summed E-state index contributed by atoms with van der Waals surface area (Å²) in [4.78, 5) is 35.3. The van der Waals surface area contributed by atoms with Crippen molar-refractivity contribution in [1.82, 2.24) is 9.55 Å². The first-order valence-corrected chi connectivity index (χ1v) is 5.83. The second-order valence-corrected chi connectivity index (χ2v) is 4.31. The molecule has 108 valence electrons. The molecular formula is C12H13FN2O5. The number of rotatable bonds is 3. The van der Waals surface area contributed by atoms with Crippen LogP contribution in [-0.4, -0.2) is 34.4 Å². The molecule has 1 N–H and O–H groups in total. The van der Waals surface area contributed by atoms with E-state index in [-0.39, 0.29) is 12.2 Å². The van der Waals surface area contributed by atoms with Crippen LogP contribution in [0.5, 0.6) is 0 Å². The minimum Gasteiger partial charge on any atom is -0.463 e. The monoisotopic (exact) mass is 284 g/mol. The van der Waals surface area contributed by atoms with Crippen molar-refractivity contribution in [3.63, 3.8) is 0 Å². The third-order valence-corrected chi connectivity index (χ3v) is 2.89. The second-order valence-electron chi connectivity index (χ2n) is 4.31. The number of aromatic nitrogens is 2. The van der Waals surface area contributed by atoms with E-state index in [1.165, 1.54) is 6.92 Å². The summed E-state index contributed by atoms with van der Waals surface area (Å²) in [6.07, 6.45) is -2.58. The first-order chi connectivity index (χ1) is 9.40. The number of aromatic amines is 1. The third kappa shape index (κ3) is 2.69. The molecule has 1 aromatic rings. The molecule has 0 aliphatic carbocycles. The highest BCUT2D eigenvalue weighted by atomic mass is 19.1. The fraction of sp³-hybridized carbons (Fsp3) is 0.417. The van der Waals surface area contributed by atoms with Crippen LogP contribution in [0.3, 0.4) is 0 Å². The lowest BCUT2D eigenvalue weighted by Crippen LogP contribution is -2.34. The minimum absolute atomic E-state index is 0.0781. The molecule has 0 bridgehead atoms. The number of nitrogens with one attached hydrogen (secondary N) is 1. The lowest BCUT2D eigenvalue weighted by molar-refractivity contribution is -0.145. The van der Waals surface area contributed by atoms with Crippen LogP contribution >= 0.6 is 0 Å². The van der Waals surface area contributed by atoms with Gasteiger partial charge in [-0.05, 0) is 5.57 Å². The van der Waals surface area contributed by atoms with E-state index in [9.17, 15) is 18.8 Å². The maximum Gasteiger partial charge on any atom is 0.330 e. The zero-order valence-corrected chi connectivity index (χ0v) is 10.7. The van der Waals surface area contributed by atoms with Gasteiger partial charge in [-0.25, -0.2) is 9.18 Å². The normalized spacial score (nSPS) is 25.7. The number of esters is 1. The van der Waals surface area contributed by atoms with Crippen molar-refractivity contribution in [3.8, 4) is 0 Å². The molecule has 1 fully saturated rings. The summed E-state index contributed by atoms with van der Waals surface area (Å²) in [6.45, 7) is 4.58. The highest BCUT2D eigenvalue weighted by Gasteiger charge is 2.41. The smallest absolute Gasteiger partial charge is 0.330 e. The van der Waals surface area contributed by atoms with Gasteiger partial charge in [0.1, 0.15) is 12.7 Å². The average molecular weight is 284 g/mol. The fourth-order valence-electron chi connectivity index (χ4n) is 1.86. The predicted octanol–water partition coefficient (Wildman–Crippen LogP) is -0.109. The van der Waals surface area contributed by atoms with E-state index >= 15 is 0 Å². The molecule has 2 heterocycles. The Bertz CT molecular complexity index is 650. The molecule has 2 rings (SSSR count). The Morgan fingerprint density at radius 1 is 1.60 bits per heavy atom. The second kappa shape index (κ2) is 5.41. The van der Waals surface area contributed by atoms with Crippen molar-refractivity contribution < 1.29 is 18.7 Å². The minimum atomic E-state index is -1.64. The maximum atomic E-state index is 14.1. The van der Waals surface area contributed by atoms with Gasteiger partial charge >= 0.3 is 11.7 Å².